The number of hydrogen-bond donors (Lipinski definition) is 1. The lowest BCUT2D eigenvalue weighted by atomic mass is 10.0. The van der Waals surface area contributed by atoms with Crippen LogP contribution in [0, 0.1) is 0 Å². The third kappa shape index (κ3) is 5.07. The Balaban J connectivity index is 1.62. The summed E-state index contributed by atoms with van der Waals surface area (Å²) in [5.41, 5.74) is 0.800. The van der Waals surface area contributed by atoms with Crippen LogP contribution in [-0.4, -0.2) is 40.2 Å². The van der Waals surface area contributed by atoms with Crippen molar-refractivity contribution in [1.82, 2.24) is 9.47 Å². The molecule has 1 aromatic heterocycles. The Morgan fingerprint density at radius 3 is 2.36 bits per heavy atom. The van der Waals surface area contributed by atoms with E-state index in [2.05, 4.69) is 5.32 Å². The molecule has 3 rings (SSSR count). The van der Waals surface area contributed by atoms with E-state index in [0.717, 1.165) is 12.8 Å². The van der Waals surface area contributed by atoms with E-state index in [9.17, 15) is 9.59 Å². The van der Waals surface area contributed by atoms with Gasteiger partial charge in [0.2, 0.25) is 0 Å². The van der Waals surface area contributed by atoms with Crippen LogP contribution in [0.4, 0.5) is 10.5 Å². The number of carbonyl (C=O) groups excluding carboxylic acids is 2. The molecule has 1 aliphatic rings. The minimum absolute atomic E-state index is 0.165. The second kappa shape index (κ2) is 8.27. The normalized spacial score (nSPS) is 15.4. The van der Waals surface area contributed by atoms with Crippen molar-refractivity contribution in [2.24, 2.45) is 0 Å². The van der Waals surface area contributed by atoms with Gasteiger partial charge in [-0.2, -0.15) is 0 Å². The Hall–Kier alpha value is -2.47. The van der Waals surface area contributed by atoms with Gasteiger partial charge in [0.25, 0.3) is 5.91 Å². The average molecular weight is 404 g/mol. The van der Waals surface area contributed by atoms with Crippen LogP contribution in [-0.2, 0) is 4.74 Å². The third-order valence-corrected chi connectivity index (χ3v) is 4.88. The van der Waals surface area contributed by atoms with Gasteiger partial charge in [0.1, 0.15) is 11.3 Å². The molecule has 0 radical (unpaired) electrons. The van der Waals surface area contributed by atoms with Crippen LogP contribution in [0.3, 0.4) is 0 Å². The second-order valence-electron chi connectivity index (χ2n) is 7.96. The minimum atomic E-state index is -0.499. The van der Waals surface area contributed by atoms with E-state index >= 15 is 0 Å². The number of amides is 2. The maximum Gasteiger partial charge on any atom is 0.410 e. The number of benzene rings is 1. The summed E-state index contributed by atoms with van der Waals surface area (Å²) in [5, 5.41) is 3.52. The molecule has 28 heavy (non-hydrogen) atoms. The molecular weight excluding hydrogens is 378 g/mol. The van der Waals surface area contributed by atoms with Crippen molar-refractivity contribution < 1.29 is 14.3 Å². The van der Waals surface area contributed by atoms with Crippen LogP contribution in [0.15, 0.2) is 42.6 Å². The van der Waals surface area contributed by atoms with Gasteiger partial charge in [0, 0.05) is 36.0 Å². The van der Waals surface area contributed by atoms with Gasteiger partial charge in [-0.25, -0.2) is 4.79 Å². The van der Waals surface area contributed by atoms with E-state index in [0.29, 0.717) is 29.5 Å². The molecule has 7 heteroatoms. The fourth-order valence-electron chi connectivity index (χ4n) is 3.29. The summed E-state index contributed by atoms with van der Waals surface area (Å²) in [7, 11) is 0. The number of halogens is 1. The molecule has 1 fully saturated rings. The molecule has 1 aromatic carbocycles. The number of likely N-dealkylation sites (tertiary alicyclic amines) is 1. The van der Waals surface area contributed by atoms with Gasteiger partial charge in [0.05, 0.1) is 0 Å². The average Bonchev–Trinajstić information content (AvgIpc) is 3.12. The fourth-order valence-corrected chi connectivity index (χ4v) is 3.41. The predicted octanol–water partition coefficient (Wildman–Crippen LogP) is 4.97. The highest BCUT2D eigenvalue weighted by Crippen LogP contribution is 2.26. The second-order valence-corrected chi connectivity index (χ2v) is 8.40. The van der Waals surface area contributed by atoms with Crippen LogP contribution in [0.25, 0.3) is 0 Å². The van der Waals surface area contributed by atoms with Gasteiger partial charge in [-0.05, 0) is 70.0 Å². The number of ether oxygens (including phenoxy) is 1. The van der Waals surface area contributed by atoms with Crippen molar-refractivity contribution in [1.29, 1.82) is 0 Å². The Bertz CT molecular complexity index is 831. The largest absolute Gasteiger partial charge is 0.444 e. The van der Waals surface area contributed by atoms with E-state index in [-0.39, 0.29) is 18.0 Å². The molecule has 6 nitrogen and oxygen atoms in total. The Labute approximate surface area is 170 Å². The van der Waals surface area contributed by atoms with Gasteiger partial charge in [-0.3, -0.25) is 4.79 Å². The number of piperidine rings is 1. The first-order valence-corrected chi connectivity index (χ1v) is 9.82. The maximum atomic E-state index is 12.7. The molecule has 1 aliphatic heterocycles. The summed E-state index contributed by atoms with van der Waals surface area (Å²) < 4.78 is 7.44. The van der Waals surface area contributed by atoms with Crippen molar-refractivity contribution in [3.05, 3.63) is 53.3 Å². The predicted molar refractivity (Wildman–Crippen MR) is 110 cm³/mol. The van der Waals surface area contributed by atoms with Gasteiger partial charge in [-0.1, -0.05) is 11.6 Å². The molecule has 0 saturated carbocycles. The highest BCUT2D eigenvalue weighted by Gasteiger charge is 2.28. The Morgan fingerprint density at radius 1 is 1.11 bits per heavy atom. The topological polar surface area (TPSA) is 63.6 Å². The van der Waals surface area contributed by atoms with Crippen LogP contribution in [0.5, 0.6) is 0 Å². The monoisotopic (exact) mass is 403 g/mol. The highest BCUT2D eigenvalue weighted by molar-refractivity contribution is 6.30. The van der Waals surface area contributed by atoms with E-state index in [1.807, 2.05) is 43.7 Å². The van der Waals surface area contributed by atoms with Crippen molar-refractivity contribution in [3.63, 3.8) is 0 Å². The molecule has 0 unspecified atom stereocenters. The summed E-state index contributed by atoms with van der Waals surface area (Å²) >= 11 is 5.89. The minimum Gasteiger partial charge on any atom is -0.444 e. The zero-order chi connectivity index (χ0) is 20.3. The Kier molecular flexibility index (Phi) is 5.98. The summed E-state index contributed by atoms with van der Waals surface area (Å²) in [6.45, 7) is 6.81. The zero-order valence-electron chi connectivity index (χ0n) is 16.4. The SMILES string of the molecule is CC(C)(C)OC(=O)N1CCC(n2cccc2C(=O)Nc2ccc(Cl)cc2)CC1. The van der Waals surface area contributed by atoms with E-state index in [1.54, 1.807) is 29.2 Å². The number of carbonyl (C=O) groups is 2. The van der Waals surface area contributed by atoms with Crippen LogP contribution in [0.2, 0.25) is 5.02 Å². The molecule has 1 saturated heterocycles. The fraction of sp³-hybridized carbons (Fsp3) is 0.429. The molecule has 2 heterocycles. The molecule has 2 aromatic rings. The van der Waals surface area contributed by atoms with E-state index in [1.165, 1.54) is 0 Å². The lowest BCUT2D eigenvalue weighted by Gasteiger charge is -2.34. The first-order chi connectivity index (χ1) is 13.2. The van der Waals surface area contributed by atoms with Gasteiger partial charge >= 0.3 is 6.09 Å². The molecule has 0 aliphatic carbocycles. The number of nitrogens with zero attached hydrogens (tertiary/aromatic N) is 2. The summed E-state index contributed by atoms with van der Waals surface area (Å²) in [4.78, 5) is 26.7. The lowest BCUT2D eigenvalue weighted by Crippen LogP contribution is -2.42. The van der Waals surface area contributed by atoms with Gasteiger partial charge < -0.3 is 19.5 Å². The summed E-state index contributed by atoms with van der Waals surface area (Å²) in [5.74, 6) is -0.165. The first kappa shape index (κ1) is 20.3. The van der Waals surface area contributed by atoms with Crippen LogP contribution < -0.4 is 5.32 Å². The van der Waals surface area contributed by atoms with Crippen molar-refractivity contribution >= 4 is 29.3 Å². The van der Waals surface area contributed by atoms with Crippen molar-refractivity contribution in [3.8, 4) is 0 Å². The standard InChI is InChI=1S/C21H26ClN3O3/c1-21(2,3)28-20(27)24-13-10-17(11-14-24)25-12-4-5-18(25)19(26)23-16-8-6-15(22)7-9-16/h4-9,12,17H,10-11,13-14H2,1-3H3,(H,23,26). The Morgan fingerprint density at radius 2 is 1.75 bits per heavy atom. The maximum absolute atomic E-state index is 12.7. The number of hydrogen-bond acceptors (Lipinski definition) is 3. The summed E-state index contributed by atoms with van der Waals surface area (Å²) in [6, 6.07) is 10.9. The molecule has 0 bridgehead atoms. The molecule has 0 atom stereocenters. The smallest absolute Gasteiger partial charge is 0.410 e. The quantitative estimate of drug-likeness (QED) is 0.787. The number of aromatic nitrogens is 1. The van der Waals surface area contributed by atoms with Crippen LogP contribution >= 0.6 is 11.6 Å². The van der Waals surface area contributed by atoms with E-state index < -0.39 is 5.60 Å². The lowest BCUT2D eigenvalue weighted by molar-refractivity contribution is 0.0187. The van der Waals surface area contributed by atoms with Crippen molar-refractivity contribution in [2.45, 2.75) is 45.3 Å². The summed E-state index contributed by atoms with van der Waals surface area (Å²) in [6.07, 6.45) is 3.19. The van der Waals surface area contributed by atoms with Gasteiger partial charge in [-0.15, -0.1) is 0 Å². The first-order valence-electron chi connectivity index (χ1n) is 9.44. The van der Waals surface area contributed by atoms with Crippen LogP contribution in [0.1, 0.15) is 50.1 Å². The molecular formula is C21H26ClN3O3. The molecule has 2 amide bonds. The van der Waals surface area contributed by atoms with E-state index in [4.69, 9.17) is 16.3 Å². The number of nitrogens with one attached hydrogen (secondary N) is 1. The number of anilines is 1. The third-order valence-electron chi connectivity index (χ3n) is 4.62. The number of rotatable bonds is 3. The van der Waals surface area contributed by atoms with Crippen molar-refractivity contribution in [2.75, 3.05) is 18.4 Å². The molecule has 1 N–H and O–H groups in total. The van der Waals surface area contributed by atoms with Gasteiger partial charge in [0.15, 0.2) is 0 Å². The zero-order valence-corrected chi connectivity index (χ0v) is 17.2. The molecule has 0 spiro atoms. The molecule has 150 valence electrons. The highest BCUT2D eigenvalue weighted by atomic mass is 35.5.